The van der Waals surface area contributed by atoms with Crippen LogP contribution in [0.15, 0.2) is 99.0 Å². The van der Waals surface area contributed by atoms with E-state index in [4.69, 9.17) is 0 Å². The summed E-state index contributed by atoms with van der Waals surface area (Å²) >= 11 is -2.65. The van der Waals surface area contributed by atoms with E-state index >= 15 is 0 Å². The van der Waals surface area contributed by atoms with Crippen LogP contribution >= 0.6 is 0 Å². The van der Waals surface area contributed by atoms with Crippen molar-refractivity contribution in [3.05, 3.63) is 127 Å². The molecule has 0 aliphatic heterocycles. The summed E-state index contributed by atoms with van der Waals surface area (Å²) in [5.74, 6) is 0.501. The van der Waals surface area contributed by atoms with Gasteiger partial charge in [-0.25, -0.2) is 0 Å². The van der Waals surface area contributed by atoms with Crippen LogP contribution in [0.1, 0.15) is 86.8 Å². The van der Waals surface area contributed by atoms with Gasteiger partial charge in [-0.2, -0.15) is 0 Å². The number of halogens is 2. The molecule has 46 heavy (non-hydrogen) atoms. The SMILES string of the molecule is CC1=[C](/[Zr+2](=[CH]\c2cccc3ccccc23)[CH]2c3cc(C(C)(C)C)ccc3-c3ccc(C(C)(C)C)cc32)C(C)C=C1[Si](C)(C)C.[Cl-].[Cl-]. The Morgan fingerprint density at radius 1 is 0.696 bits per heavy atom. The first-order valence-corrected chi connectivity index (χ1v) is 24.0. The van der Waals surface area contributed by atoms with Crippen LogP contribution < -0.4 is 24.8 Å². The molecule has 0 saturated carbocycles. The summed E-state index contributed by atoms with van der Waals surface area (Å²) in [5, 5.41) is 4.42. The second-order valence-corrected chi connectivity index (χ2v) is 27.1. The summed E-state index contributed by atoms with van der Waals surface area (Å²) < 4.78 is 5.11. The van der Waals surface area contributed by atoms with Crippen molar-refractivity contribution >= 4 is 22.6 Å². The number of allylic oxidation sites excluding steroid dienone is 4. The normalized spacial score (nSPS) is 16.6. The van der Waals surface area contributed by atoms with Crippen molar-refractivity contribution in [1.29, 1.82) is 0 Å². The van der Waals surface area contributed by atoms with Gasteiger partial charge in [0.25, 0.3) is 0 Å². The van der Waals surface area contributed by atoms with E-state index in [1.807, 2.05) is 3.28 Å². The minimum Gasteiger partial charge on any atom is -1.00 e. The fourth-order valence-corrected chi connectivity index (χ4v) is 18.7. The molecular formula is C42H50Cl2SiZr. The quantitative estimate of drug-likeness (QED) is 0.235. The van der Waals surface area contributed by atoms with Gasteiger partial charge in [-0.1, -0.05) is 0 Å². The van der Waals surface area contributed by atoms with Crippen molar-refractivity contribution in [3.63, 3.8) is 0 Å². The number of hydrogen-bond acceptors (Lipinski definition) is 0. The Morgan fingerprint density at radius 2 is 1.22 bits per heavy atom. The van der Waals surface area contributed by atoms with Gasteiger partial charge in [-0.05, 0) is 0 Å². The van der Waals surface area contributed by atoms with E-state index in [9.17, 15) is 0 Å². The summed E-state index contributed by atoms with van der Waals surface area (Å²) in [4.78, 5) is 0. The van der Waals surface area contributed by atoms with Crippen LogP contribution in [0.5, 0.6) is 0 Å². The molecular weight excluding hydrogens is 695 g/mol. The molecule has 6 rings (SSSR count). The standard InChI is InChI=1S/C21H25.C11H8.C10H17Si.2ClH.Zr/c1-20(2,3)16-7-9-18-14(12-16)11-15-13-17(21(4,5)6)8-10-19(15)18;1-9-5-4-7-10-6-2-3-8-11(9)10;1-8-6-9(2)10(7-8)11(3,4)5;;;/h7-13H,1-6H3;1-8H;7-8H,1-5H3;2*1H;/q;;;;;+2/p-2. The Balaban J connectivity index is 0.00000240. The first-order valence-electron chi connectivity index (χ1n) is 16.5. The van der Waals surface area contributed by atoms with Gasteiger partial charge in [-0.3, -0.25) is 0 Å². The molecule has 0 amide bonds. The Bertz CT molecular complexity index is 1820. The van der Waals surface area contributed by atoms with Gasteiger partial charge >= 0.3 is 277 Å². The molecule has 0 heterocycles. The molecule has 0 nitrogen and oxygen atoms in total. The number of hydrogen-bond donors (Lipinski definition) is 0. The molecule has 0 aromatic heterocycles. The van der Waals surface area contributed by atoms with E-state index in [1.54, 1.807) is 21.9 Å². The zero-order valence-corrected chi connectivity index (χ0v) is 34.5. The summed E-state index contributed by atoms with van der Waals surface area (Å²) in [7, 11) is -1.48. The van der Waals surface area contributed by atoms with Gasteiger partial charge in [0, 0.05) is 0 Å². The van der Waals surface area contributed by atoms with Crippen LogP contribution in [-0.4, -0.2) is 11.8 Å². The van der Waals surface area contributed by atoms with Crippen molar-refractivity contribution < 1.29 is 46.1 Å². The molecule has 4 aromatic rings. The summed E-state index contributed by atoms with van der Waals surface area (Å²) in [5.41, 5.74) is 12.3. The van der Waals surface area contributed by atoms with E-state index in [2.05, 4.69) is 164 Å². The molecule has 0 N–H and O–H groups in total. The van der Waals surface area contributed by atoms with Gasteiger partial charge in [0.1, 0.15) is 0 Å². The van der Waals surface area contributed by atoms with Crippen molar-refractivity contribution in [1.82, 2.24) is 0 Å². The van der Waals surface area contributed by atoms with Crippen LogP contribution in [-0.2, 0) is 32.1 Å². The maximum Gasteiger partial charge on any atom is -1.00 e. The Labute approximate surface area is 299 Å². The molecule has 0 saturated heterocycles. The van der Waals surface area contributed by atoms with Crippen molar-refractivity contribution in [2.75, 3.05) is 0 Å². The smallest absolute Gasteiger partial charge is 1.00 e. The van der Waals surface area contributed by atoms with E-state index in [0.29, 0.717) is 9.54 Å². The zero-order chi connectivity index (χ0) is 31.8. The van der Waals surface area contributed by atoms with E-state index in [1.165, 1.54) is 38.6 Å². The molecule has 0 spiro atoms. The second-order valence-electron chi connectivity index (χ2n) is 16.4. The monoisotopic (exact) mass is 742 g/mol. The molecule has 2 aliphatic rings. The minimum absolute atomic E-state index is 0. The van der Waals surface area contributed by atoms with Crippen molar-refractivity contribution in [2.24, 2.45) is 5.92 Å². The topological polar surface area (TPSA) is 0 Å². The maximum absolute atomic E-state index is 2.85. The first-order chi connectivity index (χ1) is 20.6. The third-order valence-corrected chi connectivity index (χ3v) is 20.3. The Hall–Kier alpha value is -1.83. The number of rotatable bonds is 4. The van der Waals surface area contributed by atoms with Crippen LogP contribution in [0.25, 0.3) is 21.9 Å². The molecule has 240 valence electrons. The fourth-order valence-electron chi connectivity index (χ4n) is 7.63. The van der Waals surface area contributed by atoms with Gasteiger partial charge in [0.15, 0.2) is 0 Å². The molecule has 1 unspecified atom stereocenters. The van der Waals surface area contributed by atoms with E-state index < -0.39 is 29.3 Å². The molecule has 0 radical (unpaired) electrons. The predicted molar refractivity (Wildman–Crippen MR) is 194 cm³/mol. The average molecular weight is 745 g/mol. The fraction of sp³-hybridized carbons (Fsp3) is 0.357. The van der Waals surface area contributed by atoms with Gasteiger partial charge in [-0.15, -0.1) is 0 Å². The largest absolute Gasteiger partial charge is 1.00 e. The summed E-state index contributed by atoms with van der Waals surface area (Å²) in [6.07, 6.45) is 2.67. The maximum atomic E-state index is 2.85. The Morgan fingerprint density at radius 3 is 1.72 bits per heavy atom. The molecule has 4 aromatic carbocycles. The van der Waals surface area contributed by atoms with E-state index in [-0.39, 0.29) is 35.6 Å². The molecule has 2 aliphatic carbocycles. The Kier molecular flexibility index (Phi) is 10.6. The summed E-state index contributed by atoms with van der Waals surface area (Å²) in [6.45, 7) is 26.7. The van der Waals surface area contributed by atoms with Gasteiger partial charge < -0.3 is 24.8 Å². The van der Waals surface area contributed by atoms with E-state index in [0.717, 1.165) is 0 Å². The van der Waals surface area contributed by atoms with Crippen LogP contribution in [0, 0.1) is 5.92 Å². The number of benzene rings is 4. The molecule has 0 fully saturated rings. The summed E-state index contributed by atoms with van der Waals surface area (Å²) in [6, 6.07) is 30.8. The first kappa shape index (κ1) is 37.0. The molecule has 1 atom stereocenters. The zero-order valence-electron chi connectivity index (χ0n) is 29.6. The third-order valence-electron chi connectivity index (χ3n) is 9.99. The minimum atomic E-state index is -2.65. The van der Waals surface area contributed by atoms with Gasteiger partial charge in [0.05, 0.1) is 0 Å². The van der Waals surface area contributed by atoms with Crippen molar-refractivity contribution in [3.8, 4) is 11.1 Å². The predicted octanol–water partition coefficient (Wildman–Crippen LogP) is 5.71. The second kappa shape index (κ2) is 13.2. The molecule has 4 heteroatoms. The van der Waals surface area contributed by atoms with Gasteiger partial charge in [0.2, 0.25) is 0 Å². The van der Waals surface area contributed by atoms with Crippen molar-refractivity contribution in [2.45, 2.75) is 89.5 Å². The van der Waals surface area contributed by atoms with Crippen LogP contribution in [0.4, 0.5) is 0 Å². The third kappa shape index (κ3) is 6.72. The van der Waals surface area contributed by atoms with Crippen LogP contribution in [0.3, 0.4) is 0 Å². The van der Waals surface area contributed by atoms with Crippen LogP contribution in [0.2, 0.25) is 19.6 Å². The number of fused-ring (bicyclic) bond motifs is 4. The average Bonchev–Trinajstić information content (AvgIpc) is 3.43. The molecule has 0 bridgehead atoms.